The molecule has 0 spiro atoms. The molecule has 0 bridgehead atoms. The molecule has 0 saturated carbocycles. The van der Waals surface area contributed by atoms with Crippen LogP contribution in [0.25, 0.3) is 0 Å². The van der Waals surface area contributed by atoms with Gasteiger partial charge in [0.1, 0.15) is 5.75 Å². The summed E-state index contributed by atoms with van der Waals surface area (Å²) in [5.41, 5.74) is 0.761. The molecule has 0 aliphatic carbocycles. The Morgan fingerprint density at radius 3 is 2.61 bits per heavy atom. The van der Waals surface area contributed by atoms with Crippen molar-refractivity contribution in [2.75, 3.05) is 39.4 Å². The first-order valence-electron chi connectivity index (χ1n) is 7.74. The summed E-state index contributed by atoms with van der Waals surface area (Å²) >= 11 is 0. The van der Waals surface area contributed by atoms with E-state index in [9.17, 15) is 13.6 Å². The van der Waals surface area contributed by atoms with Gasteiger partial charge in [-0.05, 0) is 30.7 Å². The van der Waals surface area contributed by atoms with E-state index in [-0.39, 0.29) is 18.1 Å². The van der Waals surface area contributed by atoms with Gasteiger partial charge in [0.05, 0.1) is 19.6 Å². The molecule has 1 saturated heterocycles. The zero-order valence-electron chi connectivity index (χ0n) is 13.0. The highest BCUT2D eigenvalue weighted by atomic mass is 19.3. The summed E-state index contributed by atoms with van der Waals surface area (Å²) < 4.78 is 33.6. The maximum absolute atomic E-state index is 12.0. The van der Waals surface area contributed by atoms with E-state index in [0.29, 0.717) is 6.54 Å². The lowest BCUT2D eigenvalue weighted by Crippen LogP contribution is -2.38. The van der Waals surface area contributed by atoms with E-state index in [1.165, 1.54) is 12.1 Å². The number of nitrogens with zero attached hydrogens (tertiary/aromatic N) is 1. The second-order valence-electron chi connectivity index (χ2n) is 5.36. The molecule has 1 N–H and O–H groups in total. The van der Waals surface area contributed by atoms with Crippen LogP contribution >= 0.6 is 0 Å². The molecular weight excluding hydrogens is 306 g/mol. The van der Waals surface area contributed by atoms with Crippen LogP contribution in [-0.2, 0) is 16.0 Å². The zero-order valence-corrected chi connectivity index (χ0v) is 13.0. The largest absolute Gasteiger partial charge is 0.435 e. The third-order valence-electron chi connectivity index (χ3n) is 3.59. The number of hydrogen-bond donors (Lipinski definition) is 1. The molecule has 1 amide bonds. The van der Waals surface area contributed by atoms with E-state index in [4.69, 9.17) is 4.74 Å². The van der Waals surface area contributed by atoms with Crippen LogP contribution < -0.4 is 10.1 Å². The quantitative estimate of drug-likeness (QED) is 0.738. The van der Waals surface area contributed by atoms with E-state index in [0.717, 1.165) is 44.8 Å². The minimum atomic E-state index is -2.84. The van der Waals surface area contributed by atoms with Crippen molar-refractivity contribution in [1.82, 2.24) is 10.2 Å². The molecular formula is C16H22F2N2O3. The number of rotatable bonds is 8. The molecule has 1 aliphatic heterocycles. The van der Waals surface area contributed by atoms with Gasteiger partial charge in [-0.2, -0.15) is 8.78 Å². The minimum Gasteiger partial charge on any atom is -0.435 e. The van der Waals surface area contributed by atoms with E-state index >= 15 is 0 Å². The number of carbonyl (C=O) groups is 1. The normalized spacial score (nSPS) is 15.6. The topological polar surface area (TPSA) is 50.8 Å². The number of carbonyl (C=O) groups excluding carboxylic acids is 1. The molecule has 5 nitrogen and oxygen atoms in total. The highest BCUT2D eigenvalue weighted by Gasteiger charge is 2.10. The number of ether oxygens (including phenoxy) is 2. The van der Waals surface area contributed by atoms with Crippen LogP contribution in [0.3, 0.4) is 0 Å². The van der Waals surface area contributed by atoms with Crippen molar-refractivity contribution in [3.8, 4) is 5.75 Å². The first kappa shape index (κ1) is 17.6. The number of amides is 1. The fraction of sp³-hybridized carbons (Fsp3) is 0.562. The van der Waals surface area contributed by atoms with Gasteiger partial charge in [0.15, 0.2) is 0 Å². The van der Waals surface area contributed by atoms with Gasteiger partial charge < -0.3 is 14.8 Å². The Labute approximate surface area is 134 Å². The third kappa shape index (κ3) is 6.92. The Balaban J connectivity index is 1.62. The average molecular weight is 328 g/mol. The third-order valence-corrected chi connectivity index (χ3v) is 3.59. The molecule has 0 atom stereocenters. The molecule has 1 aromatic carbocycles. The lowest BCUT2D eigenvalue weighted by molar-refractivity contribution is -0.120. The van der Waals surface area contributed by atoms with Crippen molar-refractivity contribution in [3.05, 3.63) is 29.8 Å². The Morgan fingerprint density at radius 1 is 1.26 bits per heavy atom. The summed E-state index contributed by atoms with van der Waals surface area (Å²) in [7, 11) is 0. The van der Waals surface area contributed by atoms with Gasteiger partial charge in [-0.15, -0.1) is 0 Å². The molecule has 1 fully saturated rings. The summed E-state index contributed by atoms with van der Waals surface area (Å²) in [6, 6.07) is 6.11. The van der Waals surface area contributed by atoms with Crippen molar-refractivity contribution >= 4 is 5.91 Å². The molecule has 0 radical (unpaired) electrons. The van der Waals surface area contributed by atoms with Gasteiger partial charge in [0, 0.05) is 19.6 Å². The van der Waals surface area contributed by atoms with E-state index in [1.54, 1.807) is 12.1 Å². The molecule has 7 heteroatoms. The standard InChI is InChI=1S/C16H22F2N2O3/c17-16(18)23-14-4-2-13(3-5-14)12-15(21)19-6-1-7-20-8-10-22-11-9-20/h2-5,16H,1,6-12H2,(H,19,21). The van der Waals surface area contributed by atoms with Crippen molar-refractivity contribution in [2.45, 2.75) is 19.5 Å². The fourth-order valence-corrected chi connectivity index (χ4v) is 2.39. The molecule has 1 aromatic rings. The number of alkyl halides is 2. The van der Waals surface area contributed by atoms with Gasteiger partial charge in [-0.25, -0.2) is 0 Å². The minimum absolute atomic E-state index is 0.0745. The van der Waals surface area contributed by atoms with E-state index in [2.05, 4.69) is 15.0 Å². The summed E-state index contributed by atoms with van der Waals surface area (Å²) in [5.74, 6) is 0.0178. The average Bonchev–Trinajstić information content (AvgIpc) is 2.54. The zero-order chi connectivity index (χ0) is 16.5. The Kier molecular flexibility index (Phi) is 7.22. The predicted molar refractivity (Wildman–Crippen MR) is 81.7 cm³/mol. The second-order valence-corrected chi connectivity index (χ2v) is 5.36. The fourth-order valence-electron chi connectivity index (χ4n) is 2.39. The van der Waals surface area contributed by atoms with Crippen molar-refractivity contribution in [2.24, 2.45) is 0 Å². The van der Waals surface area contributed by atoms with Crippen LogP contribution in [0.15, 0.2) is 24.3 Å². The SMILES string of the molecule is O=C(Cc1ccc(OC(F)F)cc1)NCCCN1CCOCC1. The van der Waals surface area contributed by atoms with E-state index in [1.807, 2.05) is 0 Å². The van der Waals surface area contributed by atoms with Gasteiger partial charge >= 0.3 is 6.61 Å². The van der Waals surface area contributed by atoms with Gasteiger partial charge in [0.25, 0.3) is 0 Å². The molecule has 0 unspecified atom stereocenters. The van der Waals surface area contributed by atoms with Gasteiger partial charge in [0.2, 0.25) is 5.91 Å². The highest BCUT2D eigenvalue weighted by Crippen LogP contribution is 2.15. The van der Waals surface area contributed by atoms with Crippen molar-refractivity contribution < 1.29 is 23.0 Å². The number of halogens is 2. The monoisotopic (exact) mass is 328 g/mol. The van der Waals surface area contributed by atoms with Gasteiger partial charge in [-0.1, -0.05) is 12.1 Å². The van der Waals surface area contributed by atoms with Crippen molar-refractivity contribution in [1.29, 1.82) is 0 Å². The summed E-state index contributed by atoms with van der Waals surface area (Å²) in [5, 5.41) is 2.87. The highest BCUT2D eigenvalue weighted by molar-refractivity contribution is 5.78. The smallest absolute Gasteiger partial charge is 0.387 e. The molecule has 1 aliphatic rings. The van der Waals surface area contributed by atoms with Crippen LogP contribution in [0.5, 0.6) is 5.75 Å². The van der Waals surface area contributed by atoms with Crippen LogP contribution in [0.1, 0.15) is 12.0 Å². The number of morpholine rings is 1. The molecule has 0 aromatic heterocycles. The lowest BCUT2D eigenvalue weighted by Gasteiger charge is -2.26. The summed E-state index contributed by atoms with van der Waals surface area (Å²) in [6.45, 7) is 2.18. The summed E-state index contributed by atoms with van der Waals surface area (Å²) in [4.78, 5) is 14.1. The van der Waals surface area contributed by atoms with Crippen molar-refractivity contribution in [3.63, 3.8) is 0 Å². The molecule has 128 valence electrons. The predicted octanol–water partition coefficient (Wildman–Crippen LogP) is 1.67. The van der Waals surface area contributed by atoms with Crippen LogP contribution in [0.4, 0.5) is 8.78 Å². The Morgan fingerprint density at radius 2 is 1.96 bits per heavy atom. The van der Waals surface area contributed by atoms with Crippen LogP contribution in [0.2, 0.25) is 0 Å². The lowest BCUT2D eigenvalue weighted by atomic mass is 10.1. The maximum Gasteiger partial charge on any atom is 0.387 e. The van der Waals surface area contributed by atoms with E-state index < -0.39 is 6.61 Å². The number of hydrogen-bond acceptors (Lipinski definition) is 4. The first-order valence-corrected chi connectivity index (χ1v) is 7.74. The molecule has 23 heavy (non-hydrogen) atoms. The van der Waals surface area contributed by atoms with Crippen LogP contribution in [-0.4, -0.2) is 56.8 Å². The van der Waals surface area contributed by atoms with Gasteiger partial charge in [-0.3, -0.25) is 9.69 Å². The number of benzene rings is 1. The van der Waals surface area contributed by atoms with Crippen LogP contribution in [0, 0.1) is 0 Å². The Bertz CT molecular complexity index is 477. The second kappa shape index (κ2) is 9.42. The molecule has 1 heterocycles. The first-order chi connectivity index (χ1) is 11.1. The molecule has 2 rings (SSSR count). The maximum atomic E-state index is 12.0. The Hall–Kier alpha value is -1.73. The number of nitrogens with one attached hydrogen (secondary N) is 1. The summed E-state index contributed by atoms with van der Waals surface area (Å²) in [6.07, 6.45) is 1.12.